The predicted molar refractivity (Wildman–Crippen MR) is 140 cm³/mol. The normalized spacial score (nSPS) is 11.2. The van der Waals surface area contributed by atoms with Gasteiger partial charge >= 0.3 is 0 Å². The van der Waals surface area contributed by atoms with Crippen molar-refractivity contribution < 1.29 is 0 Å². The van der Waals surface area contributed by atoms with Gasteiger partial charge in [-0.2, -0.15) is 0 Å². The molecule has 0 amide bonds. The van der Waals surface area contributed by atoms with Gasteiger partial charge < -0.3 is 4.57 Å². The lowest BCUT2D eigenvalue weighted by molar-refractivity contribution is 1.17. The minimum absolute atomic E-state index is 0.0407. The van der Waals surface area contributed by atoms with Crippen LogP contribution < -0.4 is 5.43 Å². The summed E-state index contributed by atoms with van der Waals surface area (Å²) in [5, 5.41) is 5.36. The second-order valence-electron chi connectivity index (χ2n) is 8.13. The zero-order chi connectivity index (χ0) is 22.2. The van der Waals surface area contributed by atoms with E-state index in [0.717, 1.165) is 38.3 Å². The topological polar surface area (TPSA) is 22.0 Å². The predicted octanol–water partition coefficient (Wildman–Crippen LogP) is 7.57. The number of hydrogen-bond donors (Lipinski definition) is 0. The molecule has 33 heavy (non-hydrogen) atoms. The Morgan fingerprint density at radius 1 is 0.364 bits per heavy atom. The lowest BCUT2D eigenvalue weighted by atomic mass is 10.0. The van der Waals surface area contributed by atoms with Gasteiger partial charge in [0.15, 0.2) is 5.43 Å². The van der Waals surface area contributed by atoms with Gasteiger partial charge in [0.05, 0.1) is 11.0 Å². The van der Waals surface area contributed by atoms with E-state index in [9.17, 15) is 4.79 Å². The quantitative estimate of drug-likeness (QED) is 0.267. The molecule has 0 atom stereocenters. The van der Waals surface area contributed by atoms with E-state index in [1.165, 1.54) is 0 Å². The van der Waals surface area contributed by atoms with Gasteiger partial charge in [-0.05, 0) is 35.0 Å². The van der Waals surface area contributed by atoms with Crippen LogP contribution in [0.2, 0.25) is 0 Å². The van der Waals surface area contributed by atoms with Gasteiger partial charge in [0.1, 0.15) is 0 Å². The maximum absolute atomic E-state index is 13.9. The van der Waals surface area contributed by atoms with Crippen LogP contribution >= 0.6 is 0 Å². The van der Waals surface area contributed by atoms with Crippen molar-refractivity contribution in [3.8, 4) is 5.69 Å². The van der Waals surface area contributed by atoms with E-state index in [2.05, 4.69) is 65.2 Å². The van der Waals surface area contributed by atoms with Crippen LogP contribution in [0, 0.1) is 0 Å². The fraction of sp³-hybridized carbons (Fsp3) is 0. The summed E-state index contributed by atoms with van der Waals surface area (Å²) in [6.07, 6.45) is 0. The first-order chi connectivity index (χ1) is 16.3. The maximum atomic E-state index is 13.9. The molecule has 0 bridgehead atoms. The number of fused-ring (bicyclic) bond motifs is 6. The van der Waals surface area contributed by atoms with E-state index >= 15 is 0 Å². The molecule has 0 fully saturated rings. The highest BCUT2D eigenvalue weighted by molar-refractivity contribution is 6.11. The first-order valence-corrected chi connectivity index (χ1v) is 11.1. The van der Waals surface area contributed by atoms with Gasteiger partial charge in [-0.15, -0.1) is 0 Å². The first kappa shape index (κ1) is 19.3. The Morgan fingerprint density at radius 3 is 1.21 bits per heavy atom. The Kier molecular flexibility index (Phi) is 4.63. The van der Waals surface area contributed by atoms with Gasteiger partial charge in [-0.3, -0.25) is 4.79 Å². The molecule has 2 nitrogen and oxygen atoms in total. The van der Waals surface area contributed by atoms with E-state index in [4.69, 9.17) is 0 Å². The van der Waals surface area contributed by atoms with Crippen LogP contribution in [0.15, 0.2) is 132 Å². The summed E-state index contributed by atoms with van der Waals surface area (Å²) in [6.45, 7) is 0. The minimum Gasteiger partial charge on any atom is -0.309 e. The number of hydrogen-bond acceptors (Lipinski definition) is 1. The first-order valence-electron chi connectivity index (χ1n) is 11.1. The SMILES string of the molecule is O=c1c2ccccc2c2ccccc2n(-c2ccccc2)c2ccccc2c2ccccc12. The molecule has 0 aliphatic carbocycles. The largest absolute Gasteiger partial charge is 0.309 e. The molecule has 2 heteroatoms. The molecular weight excluding hydrogens is 402 g/mol. The van der Waals surface area contributed by atoms with Gasteiger partial charge in [-0.1, -0.05) is 103 Å². The fourth-order valence-corrected chi connectivity index (χ4v) is 4.75. The van der Waals surface area contributed by atoms with Gasteiger partial charge in [-0.25, -0.2) is 0 Å². The zero-order valence-corrected chi connectivity index (χ0v) is 18.0. The highest BCUT2D eigenvalue weighted by Gasteiger charge is 2.10. The van der Waals surface area contributed by atoms with Crippen LogP contribution in [0.4, 0.5) is 0 Å². The van der Waals surface area contributed by atoms with Gasteiger partial charge in [0.25, 0.3) is 0 Å². The van der Waals surface area contributed by atoms with Crippen LogP contribution in [-0.2, 0) is 0 Å². The van der Waals surface area contributed by atoms with Crippen molar-refractivity contribution in [3.05, 3.63) is 138 Å². The Balaban J connectivity index is 2.09. The monoisotopic (exact) mass is 423 g/mol. The van der Waals surface area contributed by atoms with Crippen molar-refractivity contribution in [2.24, 2.45) is 0 Å². The molecular formula is C31H21NO. The molecule has 0 N–H and O–H groups in total. The number of rotatable bonds is 1. The molecule has 0 radical (unpaired) electrons. The summed E-state index contributed by atoms with van der Waals surface area (Å²) in [5.41, 5.74) is 3.18. The molecule has 0 aliphatic heterocycles. The Labute approximate surface area is 191 Å². The van der Waals surface area contributed by atoms with Crippen LogP contribution in [0.1, 0.15) is 0 Å². The van der Waals surface area contributed by atoms with Crippen molar-refractivity contribution in [1.82, 2.24) is 4.57 Å². The average Bonchev–Trinajstić information content (AvgIpc) is 2.89. The van der Waals surface area contributed by atoms with Crippen LogP contribution in [0.25, 0.3) is 49.0 Å². The van der Waals surface area contributed by atoms with Crippen molar-refractivity contribution >= 4 is 43.4 Å². The van der Waals surface area contributed by atoms with Crippen molar-refractivity contribution in [1.29, 1.82) is 0 Å². The van der Waals surface area contributed by atoms with Crippen LogP contribution in [0.3, 0.4) is 0 Å². The highest BCUT2D eigenvalue weighted by Crippen LogP contribution is 2.29. The Hall–Kier alpha value is -4.43. The Bertz CT molecular complexity index is 1670. The molecule has 6 aromatic rings. The van der Waals surface area contributed by atoms with E-state index in [-0.39, 0.29) is 5.43 Å². The molecule has 156 valence electrons. The summed E-state index contributed by atoms with van der Waals surface area (Å²) >= 11 is 0. The molecule has 0 saturated heterocycles. The smallest absolute Gasteiger partial charge is 0.194 e. The van der Waals surface area contributed by atoms with Gasteiger partial charge in [0, 0.05) is 27.2 Å². The summed E-state index contributed by atoms with van der Waals surface area (Å²) in [6, 6.07) is 42.9. The third kappa shape index (κ3) is 3.16. The van der Waals surface area contributed by atoms with Crippen LogP contribution in [-0.4, -0.2) is 4.57 Å². The van der Waals surface area contributed by atoms with Crippen LogP contribution in [0.5, 0.6) is 0 Å². The second kappa shape index (κ2) is 7.92. The number of benzene rings is 5. The molecule has 1 aromatic heterocycles. The van der Waals surface area contributed by atoms with Crippen molar-refractivity contribution in [2.75, 3.05) is 0 Å². The molecule has 0 aliphatic rings. The lowest BCUT2D eigenvalue weighted by Crippen LogP contribution is -2.02. The summed E-state index contributed by atoms with van der Waals surface area (Å²) in [7, 11) is 0. The minimum atomic E-state index is 0.0407. The summed E-state index contributed by atoms with van der Waals surface area (Å²) < 4.78 is 2.30. The average molecular weight is 424 g/mol. The van der Waals surface area contributed by atoms with Crippen molar-refractivity contribution in [3.63, 3.8) is 0 Å². The molecule has 0 saturated carbocycles. The molecule has 0 unspecified atom stereocenters. The van der Waals surface area contributed by atoms with Crippen molar-refractivity contribution in [2.45, 2.75) is 0 Å². The molecule has 1 heterocycles. The van der Waals surface area contributed by atoms with E-state index in [0.29, 0.717) is 10.8 Å². The highest BCUT2D eigenvalue weighted by atomic mass is 16.1. The standard InChI is InChI=1S/C31H21NO/c33-31-27-18-6-4-14-23(27)25-16-8-10-20-29(25)32(22-12-2-1-3-13-22)30-21-11-9-17-26(30)24-15-5-7-19-28(24)31/h1-21H. The zero-order valence-electron chi connectivity index (χ0n) is 18.0. The second-order valence-corrected chi connectivity index (χ2v) is 8.13. The third-order valence-corrected chi connectivity index (χ3v) is 6.23. The molecule has 6 rings (SSSR count). The van der Waals surface area contributed by atoms with E-state index < -0.39 is 0 Å². The number of nitrogens with zero attached hydrogens (tertiary/aromatic N) is 1. The van der Waals surface area contributed by atoms with Gasteiger partial charge in [0.2, 0.25) is 0 Å². The summed E-state index contributed by atoms with van der Waals surface area (Å²) in [4.78, 5) is 13.9. The van der Waals surface area contributed by atoms with E-state index in [1.54, 1.807) is 0 Å². The lowest BCUT2D eigenvalue weighted by Gasteiger charge is -2.15. The van der Waals surface area contributed by atoms with E-state index in [1.807, 2.05) is 66.7 Å². The number of aromatic nitrogens is 1. The summed E-state index contributed by atoms with van der Waals surface area (Å²) in [5.74, 6) is 0. The molecule has 0 spiro atoms. The number of para-hydroxylation sites is 3. The fourth-order valence-electron chi connectivity index (χ4n) is 4.75. The Morgan fingerprint density at radius 2 is 0.727 bits per heavy atom. The molecule has 5 aromatic carbocycles. The maximum Gasteiger partial charge on any atom is 0.194 e. The third-order valence-electron chi connectivity index (χ3n) is 6.23.